The molecule has 38 heteroatoms. The lowest BCUT2D eigenvalue weighted by Crippen LogP contribution is -2.57. The summed E-state index contributed by atoms with van der Waals surface area (Å²) < 4.78 is 10.5. The number of rotatable bonds is 46. The molecule has 35 nitrogen and oxygen atoms in total. The summed E-state index contributed by atoms with van der Waals surface area (Å²) in [6.45, 7) is 9.38. The molecule has 2 aromatic rings. The molecule has 15 N–H and O–H groups in total. The highest BCUT2D eigenvalue weighted by atomic mass is 33.1. The van der Waals surface area contributed by atoms with E-state index in [4.69, 9.17) is 14.6 Å². The van der Waals surface area contributed by atoms with Gasteiger partial charge in [0.05, 0.1) is 30.3 Å². The zero-order valence-electron chi connectivity index (χ0n) is 57.5. The van der Waals surface area contributed by atoms with E-state index in [-0.39, 0.29) is 99.3 Å². The Labute approximate surface area is 596 Å². The molecule has 1 aliphatic rings. The number of hydrogen-bond acceptors (Lipinski definition) is 22. The van der Waals surface area contributed by atoms with Crippen LogP contribution in [-0.2, 0) is 81.6 Å². The third kappa shape index (κ3) is 35.2. The molecule has 562 valence electrons. The van der Waals surface area contributed by atoms with Crippen LogP contribution in [0.4, 0.5) is 14.4 Å². The number of thiazole rings is 1. The standard InChI is InChI=1S/C63H96N14O21S3/c1-7-14-52(85)98-36-77(59(91)53(37(3)8-2)73-58(90)46-16-10-12-25-76(46)6)26-13-17-48-70-44(34-99-48)55(87)64-24-22-38(4)54(86)74-75-63(96)97-27-28-100-101-35-45(60(92)93)72-57(89)43(31-50(81)82)71-56(88)42(30-49(79)80)69-47(78)29-40-18-20-41(21-19-40)32-66-61(94)65-23-11-9-15-39(5)68-62(95)67-33-51(83)84/h18-21,34,37-39,42-43,45-46,53H,7-17,22-33,35-36H2,1-6H3,(H,64,87)(H,69,78)(H,71,88)(H,72,89)(H,73,90)(H,74,86)(H,75,96)(H,79,80)(H,81,82)(H,83,84)(H,92,93)(H2,65,66,94)(H2,67,68,95)/t37?,38-,39+,42+,43+,45+,46+,53-/m0/s1. The van der Waals surface area contributed by atoms with Crippen molar-refractivity contribution < 1.29 is 102 Å². The van der Waals surface area contributed by atoms with Crippen molar-refractivity contribution in [3.63, 3.8) is 0 Å². The van der Waals surface area contributed by atoms with E-state index >= 15 is 0 Å². The summed E-state index contributed by atoms with van der Waals surface area (Å²) >= 11 is 1.24. The van der Waals surface area contributed by atoms with Gasteiger partial charge in [-0.25, -0.2) is 29.6 Å². The molecule has 1 fully saturated rings. The Hall–Kier alpha value is -9.04. The second kappa shape index (κ2) is 47.1. The summed E-state index contributed by atoms with van der Waals surface area (Å²) in [7, 11) is 3.82. The number of carboxylic acids is 4. The van der Waals surface area contributed by atoms with Gasteiger partial charge in [0.25, 0.3) is 5.91 Å². The number of esters is 1. The summed E-state index contributed by atoms with van der Waals surface area (Å²) in [5.41, 5.74) is 5.52. The molecule has 1 unspecified atom stereocenters. The molecule has 2 heterocycles. The van der Waals surface area contributed by atoms with Crippen LogP contribution in [0.2, 0.25) is 0 Å². The molecule has 1 aromatic heterocycles. The molecule has 1 saturated heterocycles. The van der Waals surface area contributed by atoms with Crippen molar-refractivity contribution in [2.24, 2.45) is 11.8 Å². The number of ether oxygens (including phenoxy) is 2. The molecule has 101 heavy (non-hydrogen) atoms. The summed E-state index contributed by atoms with van der Waals surface area (Å²) in [5.74, 6) is -12.5. The van der Waals surface area contributed by atoms with E-state index in [9.17, 15) is 87.2 Å². The molecule has 0 radical (unpaired) electrons. The van der Waals surface area contributed by atoms with Crippen LogP contribution in [0.1, 0.15) is 145 Å². The van der Waals surface area contributed by atoms with E-state index in [0.717, 1.165) is 41.0 Å². The van der Waals surface area contributed by atoms with Crippen LogP contribution in [-0.4, -0.2) is 225 Å². The molecule has 0 spiro atoms. The average molecular weight is 1480 g/mol. The van der Waals surface area contributed by atoms with Crippen LogP contribution < -0.4 is 58.7 Å². The fourth-order valence-electron chi connectivity index (χ4n) is 9.61. The predicted molar refractivity (Wildman–Crippen MR) is 369 cm³/mol. The van der Waals surface area contributed by atoms with Crippen molar-refractivity contribution in [3.05, 3.63) is 51.5 Å². The van der Waals surface area contributed by atoms with Crippen LogP contribution in [0.5, 0.6) is 0 Å². The molecule has 0 aliphatic carbocycles. The molecular formula is C63H96N14O21S3. The van der Waals surface area contributed by atoms with Crippen LogP contribution >= 0.6 is 32.9 Å². The molecule has 0 saturated carbocycles. The molecular weight excluding hydrogens is 1380 g/mol. The number of nitrogens with one attached hydrogen (secondary N) is 11. The van der Waals surface area contributed by atoms with E-state index in [1.54, 1.807) is 43.5 Å². The van der Waals surface area contributed by atoms with E-state index in [1.165, 1.54) is 16.2 Å². The van der Waals surface area contributed by atoms with Crippen LogP contribution in [0.25, 0.3) is 0 Å². The highest BCUT2D eigenvalue weighted by molar-refractivity contribution is 8.76. The van der Waals surface area contributed by atoms with Gasteiger partial charge >= 0.3 is 48.0 Å². The third-order valence-electron chi connectivity index (χ3n) is 15.5. The van der Waals surface area contributed by atoms with Gasteiger partial charge in [0, 0.05) is 67.9 Å². The largest absolute Gasteiger partial charge is 0.481 e. The number of carbonyl (C=O) groups is 15. The fourth-order valence-corrected chi connectivity index (χ4v) is 12.4. The van der Waals surface area contributed by atoms with Gasteiger partial charge in [0.15, 0.2) is 6.73 Å². The van der Waals surface area contributed by atoms with E-state index < -0.39 is 127 Å². The number of aromatic nitrogens is 1. The molecule has 0 bridgehead atoms. The minimum atomic E-state index is -1.94. The molecule has 1 aromatic carbocycles. The van der Waals surface area contributed by atoms with Crippen LogP contribution in [0.15, 0.2) is 29.6 Å². The Morgan fingerprint density at radius 1 is 0.703 bits per heavy atom. The zero-order valence-corrected chi connectivity index (χ0v) is 59.9. The number of likely N-dealkylation sites (tertiary alicyclic amines) is 1. The number of hydrogen-bond donors (Lipinski definition) is 15. The van der Waals surface area contributed by atoms with E-state index in [2.05, 4.69) is 63.7 Å². The van der Waals surface area contributed by atoms with Crippen molar-refractivity contribution >= 4 is 122 Å². The number of unbranched alkanes of at least 4 members (excludes halogenated alkanes) is 1. The smallest absolute Gasteiger partial charge is 0.426 e. The van der Waals surface area contributed by atoms with Gasteiger partial charge in [-0.3, -0.25) is 63.1 Å². The maximum absolute atomic E-state index is 14.1. The summed E-state index contributed by atoms with van der Waals surface area (Å²) in [6, 6.07) is -1.58. The first-order valence-corrected chi connectivity index (χ1v) is 36.4. The first kappa shape index (κ1) is 86.2. The van der Waals surface area contributed by atoms with Crippen molar-refractivity contribution in [1.29, 1.82) is 0 Å². The Morgan fingerprint density at radius 3 is 2.02 bits per heavy atom. The second-order valence-corrected chi connectivity index (χ2v) is 27.5. The number of likely N-dealkylation sites (N-methyl/N-ethyl adjacent to an activating group) is 1. The van der Waals surface area contributed by atoms with Gasteiger partial charge in [-0.15, -0.1) is 11.3 Å². The van der Waals surface area contributed by atoms with Crippen LogP contribution in [0.3, 0.4) is 0 Å². The lowest BCUT2D eigenvalue weighted by Gasteiger charge is -2.35. The van der Waals surface area contributed by atoms with Gasteiger partial charge < -0.3 is 82.7 Å². The number of aryl methyl sites for hydroxylation is 1. The van der Waals surface area contributed by atoms with Gasteiger partial charge in [0.1, 0.15) is 43.0 Å². The molecule has 1 aliphatic heterocycles. The topological polar surface area (TPSA) is 507 Å². The van der Waals surface area contributed by atoms with Gasteiger partial charge in [-0.05, 0) is 88.9 Å². The summed E-state index contributed by atoms with van der Waals surface area (Å²) in [4.78, 5) is 196. The third-order valence-corrected chi connectivity index (χ3v) is 18.8. The highest BCUT2D eigenvalue weighted by Gasteiger charge is 2.36. The average Bonchev–Trinajstić information content (AvgIpc) is 1.29. The summed E-state index contributed by atoms with van der Waals surface area (Å²) in [6.07, 6.45) is 3.24. The summed E-state index contributed by atoms with van der Waals surface area (Å²) in [5, 5.41) is 62.2. The molecule has 8 atom stereocenters. The lowest BCUT2D eigenvalue weighted by molar-refractivity contribution is -0.155. The Bertz CT molecular complexity index is 3110. The number of benzene rings is 1. The Morgan fingerprint density at radius 2 is 1.38 bits per heavy atom. The first-order chi connectivity index (χ1) is 48.0. The predicted octanol–water partition coefficient (Wildman–Crippen LogP) is 1.59. The minimum Gasteiger partial charge on any atom is -0.481 e. The van der Waals surface area contributed by atoms with Crippen molar-refractivity contribution in [1.82, 2.24) is 73.5 Å². The van der Waals surface area contributed by atoms with Crippen molar-refractivity contribution in [2.75, 3.05) is 64.6 Å². The number of hydrazine groups is 1. The van der Waals surface area contributed by atoms with Crippen molar-refractivity contribution in [2.45, 2.75) is 174 Å². The number of aliphatic carboxylic acids is 4. The maximum Gasteiger partial charge on any atom is 0.426 e. The number of carbonyl (C=O) groups excluding carboxylic acids is 11. The monoisotopic (exact) mass is 1480 g/mol. The fraction of sp³-hybridized carbons (Fsp3) is 0.619. The quantitative estimate of drug-likeness (QED) is 0.0147. The Balaban J connectivity index is 1.38. The molecule has 3 rings (SSSR count). The zero-order chi connectivity index (χ0) is 75.0. The number of nitrogens with zero attached hydrogens (tertiary/aromatic N) is 3. The Kier molecular flexibility index (Phi) is 40.2. The first-order valence-electron chi connectivity index (χ1n) is 33.1. The highest BCUT2D eigenvalue weighted by Crippen LogP contribution is 2.23. The lowest BCUT2D eigenvalue weighted by atomic mass is 9.96. The molecule has 12 amide bonds. The van der Waals surface area contributed by atoms with E-state index in [0.29, 0.717) is 74.0 Å². The van der Waals surface area contributed by atoms with Gasteiger partial charge in [0.2, 0.25) is 35.4 Å². The normalized spacial score (nSPS) is 14.7. The van der Waals surface area contributed by atoms with Gasteiger partial charge in [-0.2, -0.15) is 0 Å². The minimum absolute atomic E-state index is 0.0606. The number of carboxylic acid groups (broad SMARTS) is 4. The van der Waals surface area contributed by atoms with Gasteiger partial charge in [-0.1, -0.05) is 86.4 Å². The van der Waals surface area contributed by atoms with E-state index in [1.807, 2.05) is 32.7 Å². The number of urea groups is 2. The number of amides is 12. The van der Waals surface area contributed by atoms with Crippen molar-refractivity contribution in [3.8, 4) is 0 Å². The van der Waals surface area contributed by atoms with Crippen LogP contribution in [0, 0.1) is 11.8 Å². The second-order valence-electron chi connectivity index (χ2n) is 23.9. The SMILES string of the molecule is CCCC(=O)OCN(CCCc1nc(C(=O)NCC[C@H](C)C(=O)NNC(=O)OCCSSC[C@@H](NC(=O)[C@@H](CC(=O)O)NC(=O)[C@@H](CC(=O)O)NC(=O)Cc2ccc(CNC(=O)NCCCC[C@@H](C)NC(=O)NCC(=O)O)cc2)C(=O)O)cs1)C(=O)[C@@H](NC(=O)[C@H]1CCCCN1C)C(C)CC. The number of piperidine rings is 1. The maximum atomic E-state index is 14.1.